The predicted octanol–water partition coefficient (Wildman–Crippen LogP) is 3.14. The zero-order valence-corrected chi connectivity index (χ0v) is 16.0. The molecule has 1 amide bonds. The molecule has 0 fully saturated rings. The summed E-state index contributed by atoms with van der Waals surface area (Å²) < 4.78 is 51.4. The lowest BCUT2D eigenvalue weighted by Gasteiger charge is -2.22. The molecule has 146 valence electrons. The van der Waals surface area contributed by atoms with Crippen LogP contribution in [0.4, 0.5) is 14.5 Å². The van der Waals surface area contributed by atoms with Crippen LogP contribution in [0, 0.1) is 18.6 Å². The molecule has 0 spiro atoms. The fraction of sp³-hybridized carbons (Fsp3) is 0.316. The highest BCUT2D eigenvalue weighted by molar-refractivity contribution is 7.92. The summed E-state index contributed by atoms with van der Waals surface area (Å²) in [6, 6.07) is 10.6. The Hall–Kier alpha value is -2.48. The Morgan fingerprint density at radius 2 is 1.81 bits per heavy atom. The topological polar surface area (TPSA) is 66.5 Å². The highest BCUT2D eigenvalue weighted by Gasteiger charge is 2.19. The smallest absolute Gasteiger partial charge is 0.232 e. The van der Waals surface area contributed by atoms with E-state index in [1.165, 1.54) is 6.07 Å². The lowest BCUT2D eigenvalue weighted by atomic mass is 10.1. The zero-order valence-electron chi connectivity index (χ0n) is 15.2. The zero-order chi connectivity index (χ0) is 20.0. The Balaban J connectivity index is 1.92. The molecule has 2 rings (SSSR count). The van der Waals surface area contributed by atoms with E-state index in [9.17, 15) is 22.0 Å². The number of benzene rings is 2. The van der Waals surface area contributed by atoms with Crippen LogP contribution in [0.25, 0.3) is 0 Å². The second kappa shape index (κ2) is 8.94. The van der Waals surface area contributed by atoms with Gasteiger partial charge in [-0.3, -0.25) is 9.10 Å². The van der Waals surface area contributed by atoms with Crippen LogP contribution in [-0.2, 0) is 21.4 Å². The molecular formula is C19H22F2N2O3S. The molecule has 0 bridgehead atoms. The molecule has 27 heavy (non-hydrogen) atoms. The number of halogens is 2. The number of nitrogens with zero attached hydrogens (tertiary/aromatic N) is 1. The SMILES string of the molecule is Cc1ccccc1CNC(=O)CCCN(c1ccc(F)c(F)c1)S(C)(=O)=O. The summed E-state index contributed by atoms with van der Waals surface area (Å²) in [5, 5.41) is 2.79. The lowest BCUT2D eigenvalue weighted by molar-refractivity contribution is -0.121. The van der Waals surface area contributed by atoms with Crippen LogP contribution in [0.3, 0.4) is 0 Å². The average Bonchev–Trinajstić information content (AvgIpc) is 2.59. The highest BCUT2D eigenvalue weighted by Crippen LogP contribution is 2.21. The van der Waals surface area contributed by atoms with E-state index in [4.69, 9.17) is 0 Å². The number of anilines is 1. The molecular weight excluding hydrogens is 374 g/mol. The first-order chi connectivity index (χ1) is 12.7. The second-order valence-corrected chi connectivity index (χ2v) is 8.15. The second-order valence-electron chi connectivity index (χ2n) is 6.24. The van der Waals surface area contributed by atoms with E-state index in [-0.39, 0.29) is 31.0 Å². The third-order valence-corrected chi connectivity index (χ3v) is 5.29. The van der Waals surface area contributed by atoms with Crippen LogP contribution in [0.5, 0.6) is 0 Å². The maximum absolute atomic E-state index is 13.4. The summed E-state index contributed by atoms with van der Waals surface area (Å²) in [6.45, 7) is 2.33. The summed E-state index contributed by atoms with van der Waals surface area (Å²) in [5.74, 6) is -2.39. The molecule has 0 saturated heterocycles. The molecule has 0 unspecified atom stereocenters. The van der Waals surface area contributed by atoms with E-state index in [0.29, 0.717) is 6.54 Å². The van der Waals surface area contributed by atoms with Crippen molar-refractivity contribution >= 4 is 21.6 Å². The molecule has 0 radical (unpaired) electrons. The fourth-order valence-electron chi connectivity index (χ4n) is 2.60. The maximum Gasteiger partial charge on any atom is 0.232 e. The van der Waals surface area contributed by atoms with E-state index in [2.05, 4.69) is 5.32 Å². The van der Waals surface area contributed by atoms with Crippen molar-refractivity contribution in [1.82, 2.24) is 5.32 Å². The van der Waals surface area contributed by atoms with E-state index in [1.807, 2.05) is 31.2 Å². The van der Waals surface area contributed by atoms with Crippen molar-refractivity contribution in [3.8, 4) is 0 Å². The molecule has 0 aliphatic carbocycles. The van der Waals surface area contributed by atoms with Crippen LogP contribution in [0.1, 0.15) is 24.0 Å². The van der Waals surface area contributed by atoms with E-state index < -0.39 is 21.7 Å². The van der Waals surface area contributed by atoms with Gasteiger partial charge in [-0.05, 0) is 36.6 Å². The van der Waals surface area contributed by atoms with E-state index in [1.54, 1.807) is 0 Å². The monoisotopic (exact) mass is 396 g/mol. The minimum absolute atomic E-state index is 0.0122. The van der Waals surface area contributed by atoms with Gasteiger partial charge in [-0.2, -0.15) is 0 Å². The standard InChI is InChI=1S/C19H22F2N2O3S/c1-14-6-3-4-7-15(14)13-22-19(24)8-5-11-23(27(2,25)26)16-9-10-17(20)18(21)12-16/h3-4,6-7,9-10,12H,5,8,11,13H2,1-2H3,(H,22,24). The number of amides is 1. The van der Waals surface area contributed by atoms with E-state index >= 15 is 0 Å². The summed E-state index contributed by atoms with van der Waals surface area (Å²) in [6.07, 6.45) is 1.33. The van der Waals surface area contributed by atoms with Crippen LogP contribution < -0.4 is 9.62 Å². The van der Waals surface area contributed by atoms with Crippen molar-refractivity contribution in [2.75, 3.05) is 17.1 Å². The number of hydrogen-bond donors (Lipinski definition) is 1. The first-order valence-electron chi connectivity index (χ1n) is 8.42. The maximum atomic E-state index is 13.4. The number of hydrogen-bond acceptors (Lipinski definition) is 3. The van der Waals surface area contributed by atoms with Crippen LogP contribution in [-0.4, -0.2) is 27.1 Å². The number of sulfonamides is 1. The number of carbonyl (C=O) groups excluding carboxylic acids is 1. The van der Waals surface area contributed by atoms with Gasteiger partial charge >= 0.3 is 0 Å². The summed E-state index contributed by atoms with van der Waals surface area (Å²) in [4.78, 5) is 12.0. The Kier molecular flexibility index (Phi) is 6.90. The molecule has 2 aromatic carbocycles. The van der Waals surface area contributed by atoms with Gasteiger partial charge < -0.3 is 5.32 Å². The van der Waals surface area contributed by atoms with Crippen molar-refractivity contribution < 1.29 is 22.0 Å². The predicted molar refractivity (Wildman–Crippen MR) is 101 cm³/mol. The third-order valence-electron chi connectivity index (χ3n) is 4.09. The lowest BCUT2D eigenvalue weighted by Crippen LogP contribution is -2.32. The fourth-order valence-corrected chi connectivity index (χ4v) is 3.56. The molecule has 1 N–H and O–H groups in total. The quantitative estimate of drug-likeness (QED) is 0.746. The molecule has 8 heteroatoms. The largest absolute Gasteiger partial charge is 0.352 e. The van der Waals surface area contributed by atoms with Crippen molar-refractivity contribution in [2.24, 2.45) is 0 Å². The highest BCUT2D eigenvalue weighted by atomic mass is 32.2. The van der Waals surface area contributed by atoms with Gasteiger partial charge in [-0.15, -0.1) is 0 Å². The minimum atomic E-state index is -3.69. The normalized spacial score (nSPS) is 11.3. The van der Waals surface area contributed by atoms with Crippen molar-refractivity contribution in [3.05, 3.63) is 65.2 Å². The van der Waals surface area contributed by atoms with Gasteiger partial charge in [0.15, 0.2) is 11.6 Å². The van der Waals surface area contributed by atoms with E-state index in [0.717, 1.165) is 33.8 Å². The van der Waals surface area contributed by atoms with Crippen LogP contribution >= 0.6 is 0 Å². The average molecular weight is 396 g/mol. The summed E-state index contributed by atoms with van der Waals surface area (Å²) in [7, 11) is -3.69. The first kappa shape index (κ1) is 20.8. The van der Waals surface area contributed by atoms with Crippen molar-refractivity contribution in [1.29, 1.82) is 0 Å². The van der Waals surface area contributed by atoms with Gasteiger partial charge in [0.05, 0.1) is 11.9 Å². The van der Waals surface area contributed by atoms with Gasteiger partial charge in [0, 0.05) is 25.6 Å². The number of carbonyl (C=O) groups is 1. The minimum Gasteiger partial charge on any atom is -0.352 e. The van der Waals surface area contributed by atoms with Gasteiger partial charge in [-0.25, -0.2) is 17.2 Å². The van der Waals surface area contributed by atoms with Gasteiger partial charge in [0.2, 0.25) is 15.9 Å². The Labute approximate surface area is 158 Å². The first-order valence-corrected chi connectivity index (χ1v) is 10.3. The van der Waals surface area contributed by atoms with Gasteiger partial charge in [0.25, 0.3) is 0 Å². The molecule has 0 aromatic heterocycles. The number of rotatable bonds is 8. The Bertz CT molecular complexity index is 917. The number of aryl methyl sites for hydroxylation is 1. The van der Waals surface area contributed by atoms with Crippen LogP contribution in [0.2, 0.25) is 0 Å². The summed E-state index contributed by atoms with van der Waals surface area (Å²) >= 11 is 0. The molecule has 0 aliphatic heterocycles. The van der Waals surface area contributed by atoms with Crippen LogP contribution in [0.15, 0.2) is 42.5 Å². The van der Waals surface area contributed by atoms with Gasteiger partial charge in [0.1, 0.15) is 0 Å². The Morgan fingerprint density at radius 1 is 1.11 bits per heavy atom. The molecule has 5 nitrogen and oxygen atoms in total. The third kappa shape index (κ3) is 6.02. The molecule has 2 aromatic rings. The Morgan fingerprint density at radius 3 is 2.44 bits per heavy atom. The van der Waals surface area contributed by atoms with Gasteiger partial charge in [-0.1, -0.05) is 24.3 Å². The molecule has 0 atom stereocenters. The number of nitrogens with one attached hydrogen (secondary N) is 1. The molecule has 0 aliphatic rings. The van der Waals surface area contributed by atoms with Crippen molar-refractivity contribution in [2.45, 2.75) is 26.3 Å². The molecule has 0 heterocycles. The molecule has 0 saturated carbocycles. The summed E-state index contributed by atoms with van der Waals surface area (Å²) in [5.41, 5.74) is 2.10. The van der Waals surface area contributed by atoms with Crippen molar-refractivity contribution in [3.63, 3.8) is 0 Å².